The van der Waals surface area contributed by atoms with Crippen LogP contribution in [0.15, 0.2) is 30.3 Å². The maximum atomic E-state index is 2.38. The molecule has 1 aromatic carbocycles. The summed E-state index contributed by atoms with van der Waals surface area (Å²) in [6.07, 6.45) is 0. The molecule has 0 unspecified atom stereocenters. The minimum absolute atomic E-state index is 0.930. The van der Waals surface area contributed by atoms with E-state index in [1.165, 1.54) is 18.1 Å². The second kappa shape index (κ2) is 5.51. The molecule has 0 N–H and O–H groups in total. The van der Waals surface area contributed by atoms with E-state index in [-0.39, 0.29) is 0 Å². The molecule has 76 valence electrons. The highest BCUT2D eigenvalue weighted by Crippen LogP contribution is 2.18. The van der Waals surface area contributed by atoms with Gasteiger partial charge in [-0.1, -0.05) is 74.4 Å². The van der Waals surface area contributed by atoms with Gasteiger partial charge in [-0.25, -0.2) is 0 Å². The molecule has 0 spiro atoms. The lowest BCUT2D eigenvalue weighted by atomic mass is 10.4. The molecule has 0 heterocycles. The summed E-state index contributed by atoms with van der Waals surface area (Å²) in [6, 6.07) is 15.3. The Morgan fingerprint density at radius 2 is 1.43 bits per heavy atom. The molecule has 0 atom stereocenters. The lowest BCUT2D eigenvalue weighted by Gasteiger charge is -2.27. The summed E-state index contributed by atoms with van der Waals surface area (Å²) < 4.78 is 0. The van der Waals surface area contributed by atoms with E-state index in [0.717, 1.165) is 9.04 Å². The third kappa shape index (κ3) is 2.82. The van der Waals surface area contributed by atoms with Crippen molar-refractivity contribution in [2.45, 2.75) is 38.9 Å². The molecule has 0 aliphatic carbocycles. The quantitative estimate of drug-likeness (QED) is 0.669. The molecule has 1 aromatic rings. The van der Waals surface area contributed by atoms with E-state index < -0.39 is 7.59 Å². The molecule has 0 aromatic heterocycles. The Kier molecular flexibility index (Phi) is 4.62. The molecule has 14 heavy (non-hydrogen) atoms. The summed E-state index contributed by atoms with van der Waals surface area (Å²) >= 11 is 0. The fourth-order valence-electron chi connectivity index (χ4n) is 1.84. The van der Waals surface area contributed by atoms with Gasteiger partial charge in [-0.3, -0.25) is 0 Å². The van der Waals surface area contributed by atoms with E-state index in [9.17, 15) is 0 Å². The molecule has 0 nitrogen and oxygen atoms in total. The third-order valence-electron chi connectivity index (χ3n) is 3.21. The van der Waals surface area contributed by atoms with Gasteiger partial charge in [0.2, 0.25) is 0 Å². The van der Waals surface area contributed by atoms with Crippen molar-refractivity contribution in [3.05, 3.63) is 30.3 Å². The first-order valence-corrected chi connectivity index (χ1v) is 10.2. The first-order valence-electron chi connectivity index (χ1n) is 5.59. The molecular formula is C12H20Si2. The molecule has 0 amide bonds. The maximum Gasteiger partial charge on any atom is 0.0713 e. The molecule has 0 bridgehead atoms. The molecule has 2 radical (unpaired) electrons. The Balaban J connectivity index is 2.74. The van der Waals surface area contributed by atoms with Gasteiger partial charge in [0, 0.05) is 7.59 Å². The number of hydrogen-bond donors (Lipinski definition) is 0. The van der Waals surface area contributed by atoms with Crippen molar-refractivity contribution >= 4 is 21.8 Å². The predicted molar refractivity (Wildman–Crippen MR) is 69.0 cm³/mol. The van der Waals surface area contributed by atoms with Crippen LogP contribution in [-0.2, 0) is 0 Å². The van der Waals surface area contributed by atoms with Crippen molar-refractivity contribution in [1.82, 2.24) is 0 Å². The van der Waals surface area contributed by atoms with Crippen LogP contribution in [0.4, 0.5) is 0 Å². The Hall–Kier alpha value is -0.346. The molecular weight excluding hydrogens is 200 g/mol. The van der Waals surface area contributed by atoms with E-state index in [0.29, 0.717) is 0 Å². The summed E-state index contributed by atoms with van der Waals surface area (Å²) in [7, 11) is 0.174. The van der Waals surface area contributed by atoms with Crippen molar-refractivity contribution in [3.63, 3.8) is 0 Å². The van der Waals surface area contributed by atoms with Crippen molar-refractivity contribution < 1.29 is 0 Å². The Labute approximate surface area is 91.4 Å². The largest absolute Gasteiger partial charge is 0.0713 e. The summed E-state index contributed by atoms with van der Waals surface area (Å²) in [4.78, 5) is 0. The molecule has 0 fully saturated rings. The summed E-state index contributed by atoms with van der Waals surface area (Å²) in [5.74, 6) is 0. The summed E-state index contributed by atoms with van der Waals surface area (Å²) in [6.45, 7) is 7.15. The van der Waals surface area contributed by atoms with E-state index in [1.807, 2.05) is 0 Å². The molecule has 0 aliphatic rings. The summed E-state index contributed by atoms with van der Waals surface area (Å²) in [5.41, 5.74) is 0. The lowest BCUT2D eigenvalue weighted by Crippen LogP contribution is -2.45. The zero-order valence-electron chi connectivity index (χ0n) is 9.51. The molecule has 0 saturated heterocycles. The molecule has 1 rings (SSSR count). The van der Waals surface area contributed by atoms with Crippen LogP contribution < -0.4 is 5.19 Å². The first-order chi connectivity index (χ1) is 6.76. The van der Waals surface area contributed by atoms with Crippen molar-refractivity contribution in [1.29, 1.82) is 0 Å². The predicted octanol–water partition coefficient (Wildman–Crippen LogP) is 3.02. The Bertz CT molecular complexity index is 244. The van der Waals surface area contributed by atoms with Crippen LogP contribution in [-0.4, -0.2) is 16.6 Å². The first kappa shape index (κ1) is 11.7. The second-order valence-electron chi connectivity index (χ2n) is 3.83. The summed E-state index contributed by atoms with van der Waals surface area (Å²) in [5, 5.41) is 1.57. The highest BCUT2D eigenvalue weighted by molar-refractivity contribution is 7.29. The Morgan fingerprint density at radius 1 is 0.929 bits per heavy atom. The van der Waals surface area contributed by atoms with Crippen LogP contribution in [0.25, 0.3) is 0 Å². The van der Waals surface area contributed by atoms with Gasteiger partial charge in [-0.2, -0.15) is 0 Å². The van der Waals surface area contributed by atoms with Gasteiger partial charge < -0.3 is 0 Å². The van der Waals surface area contributed by atoms with Gasteiger partial charge in [0.15, 0.2) is 0 Å². The van der Waals surface area contributed by atoms with Crippen LogP contribution in [0, 0.1) is 0 Å². The highest BCUT2D eigenvalue weighted by Gasteiger charge is 2.27. The number of rotatable bonds is 5. The van der Waals surface area contributed by atoms with Crippen LogP contribution in [0.1, 0.15) is 20.8 Å². The SMILES string of the molecule is CC[Si](CC)(CC)[Si]c1ccccc1. The number of benzene rings is 1. The third-order valence-corrected chi connectivity index (χ3v) is 14.1. The van der Waals surface area contributed by atoms with Crippen LogP contribution in [0.5, 0.6) is 0 Å². The molecule has 0 aliphatic heterocycles. The van der Waals surface area contributed by atoms with Crippen LogP contribution >= 0.6 is 0 Å². The number of hydrogen-bond acceptors (Lipinski definition) is 0. The maximum absolute atomic E-state index is 2.38. The highest BCUT2D eigenvalue weighted by atomic mass is 29.2. The van der Waals surface area contributed by atoms with Gasteiger partial charge in [-0.15, -0.1) is 0 Å². The minimum Gasteiger partial charge on any atom is -0.0680 e. The van der Waals surface area contributed by atoms with Gasteiger partial charge in [0.1, 0.15) is 0 Å². The lowest BCUT2D eigenvalue weighted by molar-refractivity contribution is 1.22. The fraction of sp³-hybridized carbons (Fsp3) is 0.500. The average molecular weight is 220 g/mol. The van der Waals surface area contributed by atoms with E-state index >= 15 is 0 Å². The Morgan fingerprint density at radius 3 is 1.86 bits per heavy atom. The fourth-order valence-corrected chi connectivity index (χ4v) is 8.77. The van der Waals surface area contributed by atoms with E-state index in [4.69, 9.17) is 0 Å². The van der Waals surface area contributed by atoms with Gasteiger partial charge in [-0.05, 0) is 0 Å². The zero-order valence-corrected chi connectivity index (χ0v) is 11.5. The van der Waals surface area contributed by atoms with Gasteiger partial charge in [0.25, 0.3) is 0 Å². The molecule has 0 saturated carbocycles. The van der Waals surface area contributed by atoms with Crippen LogP contribution in [0.2, 0.25) is 18.1 Å². The van der Waals surface area contributed by atoms with Crippen molar-refractivity contribution in [2.24, 2.45) is 0 Å². The van der Waals surface area contributed by atoms with E-state index in [2.05, 4.69) is 51.1 Å². The minimum atomic E-state index is -0.930. The topological polar surface area (TPSA) is 0 Å². The van der Waals surface area contributed by atoms with E-state index in [1.54, 1.807) is 5.19 Å². The molecule has 2 heteroatoms. The van der Waals surface area contributed by atoms with Crippen molar-refractivity contribution in [3.8, 4) is 0 Å². The smallest absolute Gasteiger partial charge is 0.0680 e. The van der Waals surface area contributed by atoms with Crippen LogP contribution in [0.3, 0.4) is 0 Å². The van der Waals surface area contributed by atoms with Crippen molar-refractivity contribution in [2.75, 3.05) is 0 Å². The van der Waals surface area contributed by atoms with Gasteiger partial charge in [0.05, 0.1) is 9.04 Å². The normalized spacial score (nSPS) is 11.6. The second-order valence-corrected chi connectivity index (χ2v) is 13.3. The zero-order chi connectivity index (χ0) is 10.4. The standard InChI is InChI=1S/C12H20Si2/c1-4-14(5-2,6-3)13-12-10-8-7-9-11-12/h7-11H,4-6H2,1-3H3. The monoisotopic (exact) mass is 220 g/mol. The van der Waals surface area contributed by atoms with Gasteiger partial charge >= 0.3 is 0 Å². The average Bonchev–Trinajstić information content (AvgIpc) is 2.28.